The van der Waals surface area contributed by atoms with Crippen LogP contribution in [0, 0.1) is 13.8 Å². The SMILES string of the molecule is Cc1ccc(S(=O)(=O)N(C)c2ccc(C(=O)N/N=C\c3sccc3C)cc2)cc1. The molecule has 0 aliphatic carbocycles. The average molecular weight is 428 g/mol. The standard InChI is InChI=1S/C21H21N3O3S2/c1-15-4-10-19(11-5-15)29(26,27)24(3)18-8-6-17(7-9-18)21(25)23-22-14-20-16(2)12-13-28-20/h4-14H,1-3H3,(H,23,25)/b22-14-. The molecule has 0 aliphatic rings. The quantitative estimate of drug-likeness (QED) is 0.478. The molecule has 0 unspecified atom stereocenters. The minimum Gasteiger partial charge on any atom is -0.269 e. The third kappa shape index (κ3) is 4.72. The highest BCUT2D eigenvalue weighted by Crippen LogP contribution is 2.22. The van der Waals surface area contributed by atoms with Crippen LogP contribution in [0.15, 0.2) is 70.0 Å². The summed E-state index contributed by atoms with van der Waals surface area (Å²) in [6.07, 6.45) is 1.61. The summed E-state index contributed by atoms with van der Waals surface area (Å²) in [5.74, 6) is -0.369. The number of nitrogens with one attached hydrogen (secondary N) is 1. The first kappa shape index (κ1) is 20.8. The summed E-state index contributed by atoms with van der Waals surface area (Å²) in [5, 5.41) is 5.93. The van der Waals surface area contributed by atoms with Crippen molar-refractivity contribution in [2.45, 2.75) is 18.7 Å². The van der Waals surface area contributed by atoms with E-state index >= 15 is 0 Å². The van der Waals surface area contributed by atoms with Crippen molar-refractivity contribution < 1.29 is 13.2 Å². The second kappa shape index (κ2) is 8.59. The van der Waals surface area contributed by atoms with Crippen LogP contribution in [0.1, 0.15) is 26.4 Å². The topological polar surface area (TPSA) is 78.8 Å². The summed E-state index contributed by atoms with van der Waals surface area (Å²) in [7, 11) is -2.19. The number of anilines is 1. The number of hydrogen-bond acceptors (Lipinski definition) is 5. The number of hydrazone groups is 1. The van der Waals surface area contributed by atoms with Crippen molar-refractivity contribution >= 4 is 39.2 Å². The number of carbonyl (C=O) groups excluding carboxylic acids is 1. The predicted octanol–water partition coefficient (Wildman–Crippen LogP) is 3.95. The second-order valence-corrected chi connectivity index (χ2v) is 9.42. The fraction of sp³-hybridized carbons (Fsp3) is 0.143. The molecule has 1 amide bonds. The number of nitrogens with zero attached hydrogens (tertiary/aromatic N) is 2. The van der Waals surface area contributed by atoms with Gasteiger partial charge in [-0.15, -0.1) is 11.3 Å². The second-order valence-electron chi connectivity index (χ2n) is 6.50. The lowest BCUT2D eigenvalue weighted by atomic mass is 10.2. The summed E-state index contributed by atoms with van der Waals surface area (Å²) in [5.41, 5.74) is 5.40. The van der Waals surface area contributed by atoms with E-state index in [-0.39, 0.29) is 10.8 Å². The maximum Gasteiger partial charge on any atom is 0.271 e. The molecule has 0 radical (unpaired) electrons. The maximum atomic E-state index is 12.8. The third-order valence-corrected chi connectivity index (χ3v) is 7.18. The fourth-order valence-electron chi connectivity index (χ4n) is 2.56. The van der Waals surface area contributed by atoms with Gasteiger partial charge in [-0.2, -0.15) is 5.10 Å². The van der Waals surface area contributed by atoms with Gasteiger partial charge < -0.3 is 0 Å². The molecule has 0 saturated heterocycles. The Morgan fingerprint density at radius 2 is 1.69 bits per heavy atom. The molecule has 0 fully saturated rings. The molecule has 1 aromatic heterocycles. The van der Waals surface area contributed by atoms with E-state index in [1.54, 1.807) is 66.1 Å². The van der Waals surface area contributed by atoms with E-state index in [0.717, 1.165) is 16.0 Å². The zero-order chi connectivity index (χ0) is 21.0. The molecule has 0 saturated carbocycles. The largest absolute Gasteiger partial charge is 0.271 e. The van der Waals surface area contributed by atoms with Gasteiger partial charge in [0, 0.05) is 17.5 Å². The summed E-state index contributed by atoms with van der Waals surface area (Å²) in [6.45, 7) is 3.87. The van der Waals surface area contributed by atoms with Crippen molar-refractivity contribution in [2.75, 3.05) is 11.4 Å². The first-order valence-corrected chi connectivity index (χ1v) is 11.1. The van der Waals surface area contributed by atoms with E-state index in [0.29, 0.717) is 11.3 Å². The fourth-order valence-corrected chi connectivity index (χ4v) is 4.54. The van der Waals surface area contributed by atoms with Gasteiger partial charge in [0.05, 0.1) is 16.8 Å². The highest BCUT2D eigenvalue weighted by molar-refractivity contribution is 7.92. The van der Waals surface area contributed by atoms with Gasteiger partial charge in [-0.1, -0.05) is 17.7 Å². The van der Waals surface area contributed by atoms with Gasteiger partial charge >= 0.3 is 0 Å². The van der Waals surface area contributed by atoms with Gasteiger partial charge in [-0.3, -0.25) is 9.10 Å². The molecule has 1 N–H and O–H groups in total. The third-order valence-electron chi connectivity index (χ3n) is 4.42. The van der Waals surface area contributed by atoms with E-state index in [4.69, 9.17) is 0 Å². The molecule has 6 nitrogen and oxygen atoms in total. The van der Waals surface area contributed by atoms with Crippen molar-refractivity contribution in [1.82, 2.24) is 5.43 Å². The Kier molecular flexibility index (Phi) is 6.14. The Balaban J connectivity index is 1.70. The Morgan fingerprint density at radius 1 is 1.03 bits per heavy atom. The number of benzene rings is 2. The summed E-state index contributed by atoms with van der Waals surface area (Å²) >= 11 is 1.54. The smallest absolute Gasteiger partial charge is 0.269 e. The molecule has 0 aliphatic heterocycles. The molecule has 0 atom stereocenters. The van der Waals surface area contributed by atoms with Crippen LogP contribution in [0.2, 0.25) is 0 Å². The van der Waals surface area contributed by atoms with Crippen molar-refractivity contribution in [1.29, 1.82) is 0 Å². The van der Waals surface area contributed by atoms with Crippen LogP contribution in [0.3, 0.4) is 0 Å². The molecule has 8 heteroatoms. The molecule has 29 heavy (non-hydrogen) atoms. The van der Waals surface area contributed by atoms with E-state index in [1.165, 1.54) is 11.4 Å². The molecule has 2 aromatic carbocycles. The Bertz CT molecular complexity index is 1130. The number of sulfonamides is 1. The first-order chi connectivity index (χ1) is 13.8. The lowest BCUT2D eigenvalue weighted by molar-refractivity contribution is 0.0955. The van der Waals surface area contributed by atoms with Crippen LogP contribution < -0.4 is 9.73 Å². The molecular weight excluding hydrogens is 406 g/mol. The van der Waals surface area contributed by atoms with Crippen LogP contribution in [0.25, 0.3) is 0 Å². The van der Waals surface area contributed by atoms with Gasteiger partial charge in [-0.05, 0) is 67.3 Å². The number of carbonyl (C=O) groups is 1. The highest BCUT2D eigenvalue weighted by atomic mass is 32.2. The number of aryl methyl sites for hydroxylation is 2. The van der Waals surface area contributed by atoms with Crippen LogP contribution in [0.4, 0.5) is 5.69 Å². The minimum absolute atomic E-state index is 0.214. The first-order valence-electron chi connectivity index (χ1n) is 8.82. The summed E-state index contributed by atoms with van der Waals surface area (Å²) in [6, 6.07) is 15.0. The number of hydrogen-bond donors (Lipinski definition) is 1. The molecule has 1 heterocycles. The van der Waals surface area contributed by atoms with Crippen LogP contribution in [-0.4, -0.2) is 27.6 Å². The van der Waals surface area contributed by atoms with E-state index in [1.807, 2.05) is 25.3 Å². The van der Waals surface area contributed by atoms with Gasteiger partial charge in [0.2, 0.25) is 0 Å². The summed E-state index contributed by atoms with van der Waals surface area (Å²) in [4.78, 5) is 13.4. The van der Waals surface area contributed by atoms with E-state index in [2.05, 4.69) is 10.5 Å². The maximum absolute atomic E-state index is 12.8. The van der Waals surface area contributed by atoms with Crippen LogP contribution in [0.5, 0.6) is 0 Å². The predicted molar refractivity (Wildman–Crippen MR) is 117 cm³/mol. The van der Waals surface area contributed by atoms with Crippen molar-refractivity contribution in [3.05, 3.63) is 81.5 Å². The van der Waals surface area contributed by atoms with Crippen molar-refractivity contribution in [3.63, 3.8) is 0 Å². The lowest BCUT2D eigenvalue weighted by Gasteiger charge is -2.19. The van der Waals surface area contributed by atoms with E-state index < -0.39 is 10.0 Å². The normalized spacial score (nSPS) is 11.6. The molecule has 150 valence electrons. The Labute approximate surface area is 174 Å². The Morgan fingerprint density at radius 3 is 2.28 bits per heavy atom. The lowest BCUT2D eigenvalue weighted by Crippen LogP contribution is -2.26. The van der Waals surface area contributed by atoms with E-state index in [9.17, 15) is 13.2 Å². The van der Waals surface area contributed by atoms with Gasteiger partial charge in [-0.25, -0.2) is 13.8 Å². The molecule has 0 spiro atoms. The number of rotatable bonds is 6. The Hall–Kier alpha value is -2.97. The zero-order valence-electron chi connectivity index (χ0n) is 16.3. The number of thiophene rings is 1. The summed E-state index contributed by atoms with van der Waals surface area (Å²) < 4.78 is 26.7. The van der Waals surface area contributed by atoms with Gasteiger partial charge in [0.1, 0.15) is 0 Å². The molecule has 0 bridgehead atoms. The van der Waals surface area contributed by atoms with Gasteiger partial charge in [0.15, 0.2) is 0 Å². The monoisotopic (exact) mass is 427 g/mol. The molecule has 3 aromatic rings. The van der Waals surface area contributed by atoms with Crippen LogP contribution >= 0.6 is 11.3 Å². The average Bonchev–Trinajstić information content (AvgIpc) is 3.12. The van der Waals surface area contributed by atoms with Crippen LogP contribution in [-0.2, 0) is 10.0 Å². The minimum atomic E-state index is -3.67. The van der Waals surface area contributed by atoms with Gasteiger partial charge in [0.25, 0.3) is 15.9 Å². The zero-order valence-corrected chi connectivity index (χ0v) is 17.9. The molecule has 3 rings (SSSR count). The van der Waals surface area contributed by atoms with Crippen molar-refractivity contribution in [3.8, 4) is 0 Å². The molecular formula is C21H21N3O3S2. The number of amides is 1. The van der Waals surface area contributed by atoms with Crippen molar-refractivity contribution in [2.24, 2.45) is 5.10 Å². The highest BCUT2D eigenvalue weighted by Gasteiger charge is 2.21.